The van der Waals surface area contributed by atoms with Gasteiger partial charge in [-0.3, -0.25) is 9.89 Å². The van der Waals surface area contributed by atoms with E-state index in [1.807, 2.05) is 0 Å². The number of amides is 1. The summed E-state index contributed by atoms with van der Waals surface area (Å²) >= 11 is 0. The number of rotatable bonds is 7. The number of halogens is 3. The number of hydrogen-bond donors (Lipinski definition) is 2. The summed E-state index contributed by atoms with van der Waals surface area (Å²) in [5.41, 5.74) is 0.824. The van der Waals surface area contributed by atoms with Crippen LogP contribution >= 0.6 is 0 Å². The lowest BCUT2D eigenvalue weighted by atomic mass is 9.68. The summed E-state index contributed by atoms with van der Waals surface area (Å²) in [6, 6.07) is 16.1. The molecule has 1 aromatic heterocycles. The van der Waals surface area contributed by atoms with Gasteiger partial charge in [0.2, 0.25) is 9.84 Å². The molecule has 7 nitrogen and oxygen atoms in total. The number of para-hydroxylation sites is 1. The third-order valence-electron chi connectivity index (χ3n) is 7.22. The second kappa shape index (κ2) is 10.2. The Balaban J connectivity index is 1.74. The van der Waals surface area contributed by atoms with Crippen LogP contribution in [0.1, 0.15) is 33.6 Å². The highest BCUT2D eigenvalue weighted by molar-refractivity contribution is 7.92. The van der Waals surface area contributed by atoms with Crippen LogP contribution in [0, 0.1) is 17.5 Å². The minimum atomic E-state index is -4.87. The molecular weight excluding hydrogens is 531 g/mol. The van der Waals surface area contributed by atoms with Crippen molar-refractivity contribution in [2.24, 2.45) is 0 Å². The number of fused-ring (bicyclic) bond motifs is 1. The second-order valence-corrected chi connectivity index (χ2v) is 11.3. The standard InChI is InChI=1S/C28H24F3N3O4S/c1-38-22-10-6-5-9-19(22)26(35)33-27(39(36,37)23-12-11-20(29)24(30)25(23)31)28(18-7-3-2-4-8-18)14-13-21-17(15-28)16-32-34-21/h2-12,16,27H,13-15H2,1H3,(H,32,34)(H,33,35). The maximum absolute atomic E-state index is 15.0. The Morgan fingerprint density at radius 2 is 1.74 bits per heavy atom. The van der Waals surface area contributed by atoms with E-state index in [2.05, 4.69) is 15.5 Å². The molecular formula is C28H24F3N3O4S. The molecule has 0 saturated heterocycles. The number of carbonyl (C=O) groups is 1. The maximum atomic E-state index is 15.0. The zero-order valence-electron chi connectivity index (χ0n) is 20.7. The lowest BCUT2D eigenvalue weighted by molar-refractivity contribution is 0.0926. The molecule has 0 saturated carbocycles. The molecule has 3 aromatic carbocycles. The van der Waals surface area contributed by atoms with Gasteiger partial charge < -0.3 is 10.1 Å². The van der Waals surface area contributed by atoms with Gasteiger partial charge in [0.1, 0.15) is 16.0 Å². The van der Waals surface area contributed by atoms with Crippen LogP contribution in [0.3, 0.4) is 0 Å². The highest BCUT2D eigenvalue weighted by atomic mass is 32.2. The average molecular weight is 556 g/mol. The van der Waals surface area contributed by atoms with E-state index in [-0.39, 0.29) is 24.2 Å². The van der Waals surface area contributed by atoms with Gasteiger partial charge in [0, 0.05) is 11.1 Å². The van der Waals surface area contributed by atoms with E-state index >= 15 is 4.39 Å². The number of sulfone groups is 1. The molecule has 1 aliphatic rings. The molecule has 2 N–H and O–H groups in total. The van der Waals surface area contributed by atoms with Crippen molar-refractivity contribution in [1.29, 1.82) is 0 Å². The zero-order chi connectivity index (χ0) is 27.8. The lowest BCUT2D eigenvalue weighted by Gasteiger charge is -2.43. The second-order valence-electron chi connectivity index (χ2n) is 9.35. The number of benzene rings is 3. The monoisotopic (exact) mass is 555 g/mol. The van der Waals surface area contributed by atoms with Crippen LogP contribution < -0.4 is 10.1 Å². The van der Waals surface area contributed by atoms with E-state index in [9.17, 15) is 22.0 Å². The van der Waals surface area contributed by atoms with Gasteiger partial charge in [-0.15, -0.1) is 0 Å². The molecule has 1 amide bonds. The number of nitrogens with one attached hydrogen (secondary N) is 2. The van der Waals surface area contributed by atoms with Gasteiger partial charge in [0.25, 0.3) is 5.91 Å². The Morgan fingerprint density at radius 3 is 2.49 bits per heavy atom. The highest BCUT2D eigenvalue weighted by Crippen LogP contribution is 2.44. The van der Waals surface area contributed by atoms with Crippen molar-refractivity contribution in [2.45, 2.75) is 34.9 Å². The van der Waals surface area contributed by atoms with Crippen molar-refractivity contribution in [3.05, 3.63) is 113 Å². The number of aromatic amines is 1. The fourth-order valence-corrected chi connectivity index (χ4v) is 7.32. The van der Waals surface area contributed by atoms with E-state index in [4.69, 9.17) is 4.74 Å². The summed E-state index contributed by atoms with van der Waals surface area (Å²) in [4.78, 5) is 12.6. The minimum Gasteiger partial charge on any atom is -0.496 e. The van der Waals surface area contributed by atoms with Crippen LogP contribution in [0.25, 0.3) is 0 Å². The lowest BCUT2D eigenvalue weighted by Crippen LogP contribution is -2.57. The van der Waals surface area contributed by atoms with Gasteiger partial charge in [-0.2, -0.15) is 5.10 Å². The number of ether oxygens (including phenoxy) is 1. The number of H-pyrrole nitrogens is 1. The van der Waals surface area contributed by atoms with Gasteiger partial charge in [-0.25, -0.2) is 21.6 Å². The number of hydrogen-bond acceptors (Lipinski definition) is 5. The number of aryl methyl sites for hydroxylation is 1. The molecule has 2 unspecified atom stereocenters. The first-order chi connectivity index (χ1) is 18.7. The third-order valence-corrected chi connectivity index (χ3v) is 9.33. The van der Waals surface area contributed by atoms with Crippen molar-refractivity contribution < 1.29 is 31.1 Å². The Hall–Kier alpha value is -4.12. The van der Waals surface area contributed by atoms with E-state index < -0.39 is 48.9 Å². The molecule has 0 aliphatic heterocycles. The maximum Gasteiger partial charge on any atom is 0.256 e. The Labute approximate surface area is 222 Å². The molecule has 1 heterocycles. The van der Waals surface area contributed by atoms with Gasteiger partial charge in [-0.05, 0) is 54.7 Å². The summed E-state index contributed by atoms with van der Waals surface area (Å²) in [5, 5.41) is 7.82. The Kier molecular flexibility index (Phi) is 6.94. The predicted molar refractivity (Wildman–Crippen MR) is 136 cm³/mol. The van der Waals surface area contributed by atoms with Gasteiger partial charge in [0.05, 0.1) is 18.9 Å². The molecule has 1 aliphatic carbocycles. The van der Waals surface area contributed by atoms with Gasteiger partial charge in [0.15, 0.2) is 17.5 Å². The highest BCUT2D eigenvalue weighted by Gasteiger charge is 2.51. The zero-order valence-corrected chi connectivity index (χ0v) is 21.6. The summed E-state index contributed by atoms with van der Waals surface area (Å²) in [5.74, 6) is -5.90. The van der Waals surface area contributed by atoms with Crippen LogP contribution in [0.5, 0.6) is 5.75 Å². The van der Waals surface area contributed by atoms with E-state index in [1.54, 1.807) is 54.7 Å². The summed E-state index contributed by atoms with van der Waals surface area (Å²) in [6.45, 7) is 0. The molecule has 0 spiro atoms. The SMILES string of the molecule is COc1ccccc1C(=O)NC(C1(c2ccccc2)CCc2[nH]ncc2C1)S(=O)(=O)c1ccc(F)c(F)c1F. The molecule has 2 atom stereocenters. The molecule has 0 fully saturated rings. The smallest absolute Gasteiger partial charge is 0.256 e. The first-order valence-corrected chi connectivity index (χ1v) is 13.6. The molecule has 39 heavy (non-hydrogen) atoms. The van der Waals surface area contributed by atoms with Crippen LogP contribution in [0.2, 0.25) is 0 Å². The average Bonchev–Trinajstić information content (AvgIpc) is 3.42. The minimum absolute atomic E-state index is 0.0500. The van der Waals surface area contributed by atoms with Crippen LogP contribution in [-0.4, -0.2) is 37.0 Å². The van der Waals surface area contributed by atoms with Gasteiger partial charge >= 0.3 is 0 Å². The van der Waals surface area contributed by atoms with Crippen LogP contribution in [0.15, 0.2) is 77.8 Å². The summed E-state index contributed by atoms with van der Waals surface area (Å²) in [7, 11) is -3.51. The fraction of sp³-hybridized carbons (Fsp3) is 0.214. The van der Waals surface area contributed by atoms with Crippen LogP contribution in [-0.2, 0) is 28.1 Å². The predicted octanol–water partition coefficient (Wildman–Crippen LogP) is 4.49. The molecule has 4 aromatic rings. The first kappa shape index (κ1) is 26.5. The van der Waals surface area contributed by atoms with Crippen molar-refractivity contribution in [3.63, 3.8) is 0 Å². The van der Waals surface area contributed by atoms with Crippen LogP contribution in [0.4, 0.5) is 13.2 Å². The third kappa shape index (κ3) is 4.56. The number of methoxy groups -OCH3 is 1. The number of carbonyl (C=O) groups excluding carboxylic acids is 1. The molecule has 202 valence electrons. The molecule has 0 radical (unpaired) electrons. The topological polar surface area (TPSA) is 101 Å². The number of nitrogens with zero attached hydrogens (tertiary/aromatic N) is 1. The van der Waals surface area contributed by atoms with Crippen molar-refractivity contribution in [1.82, 2.24) is 15.5 Å². The Morgan fingerprint density at radius 1 is 1.03 bits per heavy atom. The number of aromatic nitrogens is 2. The fourth-order valence-electron chi connectivity index (χ4n) is 5.27. The molecule has 11 heteroatoms. The van der Waals surface area contributed by atoms with E-state index in [0.29, 0.717) is 24.1 Å². The normalized spacial score (nSPS) is 17.7. The molecule has 5 rings (SSSR count). The van der Waals surface area contributed by atoms with Gasteiger partial charge in [-0.1, -0.05) is 42.5 Å². The quantitative estimate of drug-likeness (QED) is 0.259. The van der Waals surface area contributed by atoms with Crippen molar-refractivity contribution in [2.75, 3.05) is 7.11 Å². The van der Waals surface area contributed by atoms with Crippen molar-refractivity contribution in [3.8, 4) is 5.75 Å². The molecule has 0 bridgehead atoms. The van der Waals surface area contributed by atoms with E-state index in [0.717, 1.165) is 11.3 Å². The Bertz CT molecular complexity index is 1640. The first-order valence-electron chi connectivity index (χ1n) is 12.1. The van der Waals surface area contributed by atoms with Crippen molar-refractivity contribution >= 4 is 15.7 Å². The summed E-state index contributed by atoms with van der Waals surface area (Å²) in [6.07, 6.45) is 2.29. The largest absolute Gasteiger partial charge is 0.496 e. The van der Waals surface area contributed by atoms with E-state index in [1.165, 1.54) is 13.2 Å². The summed E-state index contributed by atoms with van der Waals surface area (Å²) < 4.78 is 76.9.